The van der Waals surface area contributed by atoms with E-state index in [0.29, 0.717) is 12.1 Å². The Hall–Kier alpha value is -2.91. The standard InChI is InChI=1S/C18H16N6OS2/c1-12-20-15(10-27-12)9-23(2)18(25)14-6-13(17-4-3-5-26-17)7-16(8-14)24-11-19-21-22-24/h3-8,10-11H,9H2,1-2H3. The monoisotopic (exact) mass is 396 g/mol. The number of hydrogen-bond donors (Lipinski definition) is 0. The minimum atomic E-state index is -0.0756. The Kier molecular flexibility index (Phi) is 4.78. The van der Waals surface area contributed by atoms with E-state index in [1.54, 1.807) is 45.4 Å². The second kappa shape index (κ2) is 7.37. The van der Waals surface area contributed by atoms with Gasteiger partial charge in [0.1, 0.15) is 6.33 Å². The number of aromatic nitrogens is 5. The van der Waals surface area contributed by atoms with Crippen LogP contribution in [0, 0.1) is 6.92 Å². The fourth-order valence-corrected chi connectivity index (χ4v) is 4.07. The van der Waals surface area contributed by atoms with E-state index in [1.807, 2.05) is 41.9 Å². The van der Waals surface area contributed by atoms with E-state index in [9.17, 15) is 4.79 Å². The van der Waals surface area contributed by atoms with Crippen LogP contribution in [0.1, 0.15) is 21.1 Å². The number of nitrogens with zero attached hydrogens (tertiary/aromatic N) is 6. The Balaban J connectivity index is 1.69. The largest absolute Gasteiger partial charge is 0.336 e. The number of tetrazole rings is 1. The molecule has 0 radical (unpaired) electrons. The third-order valence-electron chi connectivity index (χ3n) is 4.00. The first-order chi connectivity index (χ1) is 13.1. The highest BCUT2D eigenvalue weighted by Gasteiger charge is 2.17. The van der Waals surface area contributed by atoms with Crippen molar-refractivity contribution in [1.82, 2.24) is 30.1 Å². The number of amides is 1. The van der Waals surface area contributed by atoms with Crippen LogP contribution in [0.15, 0.2) is 47.4 Å². The minimum Gasteiger partial charge on any atom is -0.336 e. The molecule has 1 amide bonds. The maximum Gasteiger partial charge on any atom is 0.254 e. The number of aryl methyl sites for hydroxylation is 1. The van der Waals surface area contributed by atoms with Gasteiger partial charge in [-0.05, 0) is 52.6 Å². The average molecular weight is 397 g/mol. The lowest BCUT2D eigenvalue weighted by Crippen LogP contribution is -2.26. The Bertz CT molecular complexity index is 1000. The highest BCUT2D eigenvalue weighted by atomic mass is 32.1. The van der Waals surface area contributed by atoms with Crippen molar-refractivity contribution in [3.8, 4) is 16.1 Å². The molecule has 0 atom stereocenters. The summed E-state index contributed by atoms with van der Waals surface area (Å²) in [7, 11) is 1.78. The minimum absolute atomic E-state index is 0.0756. The average Bonchev–Trinajstić information content (AvgIpc) is 3.43. The quantitative estimate of drug-likeness (QED) is 0.517. The van der Waals surface area contributed by atoms with Gasteiger partial charge in [0, 0.05) is 22.9 Å². The second-order valence-corrected chi connectivity index (χ2v) is 8.03. The number of benzene rings is 1. The molecular formula is C18H16N6OS2. The zero-order valence-electron chi connectivity index (χ0n) is 14.7. The molecule has 136 valence electrons. The number of carbonyl (C=O) groups excluding carboxylic acids is 1. The highest BCUT2D eigenvalue weighted by Crippen LogP contribution is 2.28. The van der Waals surface area contributed by atoms with Crippen molar-refractivity contribution in [2.24, 2.45) is 0 Å². The summed E-state index contributed by atoms with van der Waals surface area (Å²) in [6.07, 6.45) is 1.52. The zero-order chi connectivity index (χ0) is 18.8. The third kappa shape index (κ3) is 3.79. The summed E-state index contributed by atoms with van der Waals surface area (Å²) >= 11 is 3.20. The van der Waals surface area contributed by atoms with Gasteiger partial charge in [0.05, 0.1) is 22.9 Å². The van der Waals surface area contributed by atoms with Crippen molar-refractivity contribution in [2.45, 2.75) is 13.5 Å². The number of thiophene rings is 1. The number of rotatable bonds is 5. The summed E-state index contributed by atoms with van der Waals surface area (Å²) < 4.78 is 1.55. The first kappa shape index (κ1) is 17.5. The summed E-state index contributed by atoms with van der Waals surface area (Å²) in [4.78, 5) is 20.2. The van der Waals surface area contributed by atoms with E-state index in [4.69, 9.17) is 0 Å². The summed E-state index contributed by atoms with van der Waals surface area (Å²) in [6.45, 7) is 2.42. The first-order valence-corrected chi connectivity index (χ1v) is 9.95. The van der Waals surface area contributed by atoms with Gasteiger partial charge in [0.2, 0.25) is 0 Å². The third-order valence-corrected chi connectivity index (χ3v) is 5.74. The van der Waals surface area contributed by atoms with Gasteiger partial charge in [-0.15, -0.1) is 27.8 Å². The van der Waals surface area contributed by atoms with Gasteiger partial charge < -0.3 is 4.90 Å². The molecule has 0 spiro atoms. The SMILES string of the molecule is Cc1nc(CN(C)C(=O)c2cc(-c3cccs3)cc(-n3cnnn3)c2)cs1. The molecule has 3 aromatic heterocycles. The van der Waals surface area contributed by atoms with Crippen molar-refractivity contribution < 1.29 is 4.79 Å². The zero-order valence-corrected chi connectivity index (χ0v) is 16.4. The first-order valence-electron chi connectivity index (χ1n) is 8.19. The molecule has 0 aliphatic heterocycles. The maximum absolute atomic E-state index is 13.0. The van der Waals surface area contributed by atoms with Crippen molar-refractivity contribution in [3.05, 3.63) is 63.7 Å². The van der Waals surface area contributed by atoms with E-state index >= 15 is 0 Å². The fraction of sp³-hybridized carbons (Fsp3) is 0.167. The fourth-order valence-electron chi connectivity index (χ4n) is 2.75. The van der Waals surface area contributed by atoms with Crippen molar-refractivity contribution in [3.63, 3.8) is 0 Å². The van der Waals surface area contributed by atoms with Gasteiger partial charge in [-0.2, -0.15) is 0 Å². The topological polar surface area (TPSA) is 76.8 Å². The van der Waals surface area contributed by atoms with Gasteiger partial charge in [0.25, 0.3) is 5.91 Å². The van der Waals surface area contributed by atoms with Crippen LogP contribution in [0.3, 0.4) is 0 Å². The van der Waals surface area contributed by atoms with Gasteiger partial charge in [0.15, 0.2) is 0 Å². The van der Waals surface area contributed by atoms with E-state index in [1.165, 1.54) is 6.33 Å². The van der Waals surface area contributed by atoms with Crippen LogP contribution >= 0.6 is 22.7 Å². The van der Waals surface area contributed by atoms with Crippen LogP contribution in [0.4, 0.5) is 0 Å². The summed E-state index contributed by atoms with van der Waals surface area (Å²) in [5.41, 5.74) is 3.18. The molecule has 7 nitrogen and oxygen atoms in total. The van der Waals surface area contributed by atoms with Crippen LogP contribution in [0.25, 0.3) is 16.1 Å². The predicted molar refractivity (Wildman–Crippen MR) is 105 cm³/mol. The van der Waals surface area contributed by atoms with E-state index < -0.39 is 0 Å². The summed E-state index contributed by atoms with van der Waals surface area (Å²) in [5.74, 6) is -0.0756. The molecule has 0 aliphatic carbocycles. The van der Waals surface area contributed by atoms with Gasteiger partial charge >= 0.3 is 0 Å². The van der Waals surface area contributed by atoms with Crippen LogP contribution < -0.4 is 0 Å². The Morgan fingerprint density at radius 1 is 1.26 bits per heavy atom. The van der Waals surface area contributed by atoms with E-state index in [2.05, 4.69) is 20.5 Å². The van der Waals surface area contributed by atoms with Gasteiger partial charge in [-0.1, -0.05) is 6.07 Å². The summed E-state index contributed by atoms with van der Waals surface area (Å²) in [5, 5.41) is 16.3. The van der Waals surface area contributed by atoms with E-state index in [-0.39, 0.29) is 5.91 Å². The Morgan fingerprint density at radius 2 is 2.15 bits per heavy atom. The molecule has 0 saturated carbocycles. The smallest absolute Gasteiger partial charge is 0.254 e. The normalized spacial score (nSPS) is 10.9. The molecule has 4 rings (SSSR count). The van der Waals surface area contributed by atoms with Crippen molar-refractivity contribution in [2.75, 3.05) is 7.05 Å². The molecule has 0 N–H and O–H groups in total. The van der Waals surface area contributed by atoms with Crippen LogP contribution in [0.5, 0.6) is 0 Å². The molecule has 0 fully saturated rings. The lowest BCUT2D eigenvalue weighted by atomic mass is 10.1. The van der Waals surface area contributed by atoms with Crippen LogP contribution in [-0.4, -0.2) is 43.0 Å². The van der Waals surface area contributed by atoms with Crippen molar-refractivity contribution >= 4 is 28.6 Å². The molecule has 27 heavy (non-hydrogen) atoms. The number of hydrogen-bond acceptors (Lipinski definition) is 7. The predicted octanol–water partition coefficient (Wildman–Crippen LogP) is 3.43. The number of thiazole rings is 1. The highest BCUT2D eigenvalue weighted by molar-refractivity contribution is 7.13. The molecule has 1 aromatic carbocycles. The molecule has 0 bridgehead atoms. The molecule has 0 aliphatic rings. The van der Waals surface area contributed by atoms with Crippen molar-refractivity contribution in [1.29, 1.82) is 0 Å². The number of carbonyl (C=O) groups is 1. The molecular weight excluding hydrogens is 380 g/mol. The van der Waals surface area contributed by atoms with E-state index in [0.717, 1.165) is 26.8 Å². The molecule has 3 heterocycles. The maximum atomic E-state index is 13.0. The lowest BCUT2D eigenvalue weighted by Gasteiger charge is -2.17. The molecule has 0 unspecified atom stereocenters. The molecule has 9 heteroatoms. The van der Waals surface area contributed by atoms with Gasteiger partial charge in [-0.3, -0.25) is 4.79 Å². The molecule has 4 aromatic rings. The second-order valence-electron chi connectivity index (χ2n) is 6.02. The summed E-state index contributed by atoms with van der Waals surface area (Å²) in [6, 6.07) is 9.70. The van der Waals surface area contributed by atoms with Gasteiger partial charge in [-0.25, -0.2) is 9.67 Å². The lowest BCUT2D eigenvalue weighted by molar-refractivity contribution is 0.0783. The van der Waals surface area contributed by atoms with Crippen LogP contribution in [-0.2, 0) is 6.54 Å². The Labute approximate surface area is 163 Å². The Morgan fingerprint density at radius 3 is 2.81 bits per heavy atom. The molecule has 0 saturated heterocycles. The van der Waals surface area contributed by atoms with Crippen LogP contribution in [0.2, 0.25) is 0 Å².